The van der Waals surface area contributed by atoms with Crippen LogP contribution in [0.2, 0.25) is 5.02 Å². The van der Waals surface area contributed by atoms with Gasteiger partial charge < -0.3 is 19.7 Å². The van der Waals surface area contributed by atoms with Crippen LogP contribution < -0.4 is 5.32 Å². The fourth-order valence-electron chi connectivity index (χ4n) is 2.98. The van der Waals surface area contributed by atoms with Crippen molar-refractivity contribution < 1.29 is 14.3 Å². The van der Waals surface area contributed by atoms with Gasteiger partial charge in [0.25, 0.3) is 0 Å². The molecule has 0 saturated carbocycles. The van der Waals surface area contributed by atoms with E-state index in [4.69, 9.17) is 33.3 Å². The van der Waals surface area contributed by atoms with Gasteiger partial charge in [-0.15, -0.1) is 0 Å². The molecule has 136 valence electrons. The molecule has 0 bridgehead atoms. The van der Waals surface area contributed by atoms with Gasteiger partial charge in [0.05, 0.1) is 30.9 Å². The number of hydrogen-bond donors (Lipinski definition) is 1. The summed E-state index contributed by atoms with van der Waals surface area (Å²) < 4.78 is 10.5. The summed E-state index contributed by atoms with van der Waals surface area (Å²) >= 11 is 11.5. The number of hydrogen-bond acceptors (Lipinski definition) is 4. The summed E-state index contributed by atoms with van der Waals surface area (Å²) in [4.78, 5) is 14.5. The monoisotopic (exact) mass is 382 g/mol. The number of allylic oxidation sites excluding steroid dienone is 1. The molecule has 1 N–H and O–H groups in total. The lowest BCUT2D eigenvalue weighted by atomic mass is 9.94. The summed E-state index contributed by atoms with van der Waals surface area (Å²) in [7, 11) is 1.64. The molecule has 0 radical (unpaired) electrons. The van der Waals surface area contributed by atoms with Crippen molar-refractivity contribution >= 4 is 34.9 Å². The maximum Gasteiger partial charge on any atom is 0.338 e. The van der Waals surface area contributed by atoms with Crippen molar-refractivity contribution in [1.29, 1.82) is 0 Å². The topological polar surface area (TPSA) is 50.8 Å². The number of carbonyl (C=O) groups excluding carboxylic acids is 1. The average Bonchev–Trinajstić information content (AvgIpc) is 2.55. The smallest absolute Gasteiger partial charge is 0.338 e. The van der Waals surface area contributed by atoms with Gasteiger partial charge in [-0.05, 0) is 50.7 Å². The molecule has 0 spiro atoms. The van der Waals surface area contributed by atoms with Crippen molar-refractivity contribution in [3.05, 3.63) is 46.1 Å². The average molecular weight is 383 g/mol. The number of ether oxygens (including phenoxy) is 2. The minimum absolute atomic E-state index is 0.0133. The lowest BCUT2D eigenvalue weighted by Crippen LogP contribution is -2.52. The highest BCUT2D eigenvalue weighted by Gasteiger charge is 2.36. The van der Waals surface area contributed by atoms with Gasteiger partial charge in [-0.25, -0.2) is 4.79 Å². The summed E-state index contributed by atoms with van der Waals surface area (Å²) in [5.74, 6) is -0.357. The van der Waals surface area contributed by atoms with Crippen LogP contribution in [-0.2, 0) is 14.3 Å². The predicted octanol–water partition coefficient (Wildman–Crippen LogP) is 3.44. The lowest BCUT2D eigenvalue weighted by molar-refractivity contribution is -0.139. The molecule has 0 unspecified atom stereocenters. The molecule has 25 heavy (non-hydrogen) atoms. The molecule has 2 atom stereocenters. The fourth-order valence-corrected chi connectivity index (χ4v) is 3.54. The molecule has 0 amide bonds. The highest BCUT2D eigenvalue weighted by atomic mass is 35.5. The van der Waals surface area contributed by atoms with Gasteiger partial charge in [0, 0.05) is 17.8 Å². The van der Waals surface area contributed by atoms with Crippen molar-refractivity contribution in [2.24, 2.45) is 0 Å². The van der Waals surface area contributed by atoms with E-state index in [0.717, 1.165) is 11.3 Å². The number of esters is 1. The molecule has 0 fully saturated rings. The van der Waals surface area contributed by atoms with Gasteiger partial charge in [0.15, 0.2) is 5.11 Å². The maximum atomic E-state index is 12.6. The van der Waals surface area contributed by atoms with Crippen molar-refractivity contribution in [3.8, 4) is 0 Å². The Bertz CT molecular complexity index is 675. The van der Waals surface area contributed by atoms with Crippen LogP contribution in [0.1, 0.15) is 32.4 Å². The van der Waals surface area contributed by atoms with E-state index in [9.17, 15) is 4.79 Å². The molecule has 1 aromatic rings. The zero-order chi connectivity index (χ0) is 18.6. The molecular weight excluding hydrogens is 360 g/mol. The van der Waals surface area contributed by atoms with E-state index in [0.29, 0.717) is 28.9 Å². The fraction of sp³-hybridized carbons (Fsp3) is 0.444. The molecule has 5 nitrogen and oxygen atoms in total. The van der Waals surface area contributed by atoms with Crippen LogP contribution in [0.15, 0.2) is 35.5 Å². The van der Waals surface area contributed by atoms with E-state index in [-0.39, 0.29) is 18.1 Å². The summed E-state index contributed by atoms with van der Waals surface area (Å²) in [6, 6.07) is 6.95. The van der Waals surface area contributed by atoms with Crippen LogP contribution in [-0.4, -0.2) is 42.3 Å². The molecule has 7 heteroatoms. The summed E-state index contributed by atoms with van der Waals surface area (Å²) in [5, 5.41) is 4.45. The third-order valence-corrected chi connectivity index (χ3v) is 4.64. The first-order valence-electron chi connectivity index (χ1n) is 8.12. The van der Waals surface area contributed by atoms with E-state index in [1.807, 2.05) is 30.9 Å². The van der Waals surface area contributed by atoms with Crippen molar-refractivity contribution in [2.75, 3.05) is 20.3 Å². The molecule has 1 heterocycles. The Kier molecular flexibility index (Phi) is 6.81. The second-order valence-electron chi connectivity index (χ2n) is 5.83. The Morgan fingerprint density at radius 3 is 2.60 bits per heavy atom. The largest absolute Gasteiger partial charge is 0.463 e. The number of halogens is 1. The number of benzene rings is 1. The quantitative estimate of drug-likeness (QED) is 0.600. The number of rotatable bonds is 6. The first-order valence-corrected chi connectivity index (χ1v) is 8.91. The second-order valence-corrected chi connectivity index (χ2v) is 6.65. The number of nitrogens with zero attached hydrogens (tertiary/aromatic N) is 1. The molecule has 1 aromatic carbocycles. The number of methoxy groups -OCH3 is 1. The van der Waals surface area contributed by atoms with Gasteiger partial charge in [-0.2, -0.15) is 0 Å². The Morgan fingerprint density at radius 1 is 1.40 bits per heavy atom. The van der Waals surface area contributed by atoms with Crippen LogP contribution in [0.25, 0.3) is 0 Å². The van der Waals surface area contributed by atoms with E-state index in [1.54, 1.807) is 26.2 Å². The predicted molar refractivity (Wildman–Crippen MR) is 102 cm³/mol. The van der Waals surface area contributed by atoms with Crippen molar-refractivity contribution in [2.45, 2.75) is 32.9 Å². The maximum absolute atomic E-state index is 12.6. The summed E-state index contributed by atoms with van der Waals surface area (Å²) in [6.07, 6.45) is 0. The highest BCUT2D eigenvalue weighted by Crippen LogP contribution is 2.33. The van der Waals surface area contributed by atoms with Gasteiger partial charge in [0.1, 0.15) is 0 Å². The normalized spacial score (nSPS) is 18.8. The lowest BCUT2D eigenvalue weighted by Gasteiger charge is -2.40. The van der Waals surface area contributed by atoms with Crippen LogP contribution in [0.4, 0.5) is 0 Å². The number of thiocarbonyl (C=S) groups is 1. The van der Waals surface area contributed by atoms with Crippen molar-refractivity contribution in [1.82, 2.24) is 10.2 Å². The van der Waals surface area contributed by atoms with Crippen LogP contribution >= 0.6 is 23.8 Å². The van der Waals surface area contributed by atoms with E-state index >= 15 is 0 Å². The Hall–Kier alpha value is -1.63. The number of carbonyl (C=O) groups is 1. The Balaban J connectivity index is 2.50. The molecule has 1 aliphatic rings. The van der Waals surface area contributed by atoms with E-state index in [2.05, 4.69) is 5.32 Å². The zero-order valence-electron chi connectivity index (χ0n) is 14.8. The minimum Gasteiger partial charge on any atom is -0.463 e. The van der Waals surface area contributed by atoms with E-state index in [1.165, 1.54) is 0 Å². The molecule has 0 aromatic heterocycles. The molecule has 1 aliphatic heterocycles. The minimum atomic E-state index is -0.380. The second kappa shape index (κ2) is 8.65. The summed E-state index contributed by atoms with van der Waals surface area (Å²) in [5.41, 5.74) is 2.21. The first-order chi connectivity index (χ1) is 11.9. The highest BCUT2D eigenvalue weighted by molar-refractivity contribution is 7.80. The molecule has 0 aliphatic carbocycles. The van der Waals surface area contributed by atoms with Crippen LogP contribution in [0, 0.1) is 0 Å². The SMILES string of the molecule is CCOC(=O)C1=C(C)N([C@H](C)COC)C(=S)N[C@@H]1c1ccc(Cl)cc1. The summed E-state index contributed by atoms with van der Waals surface area (Å²) in [6.45, 7) is 6.46. The van der Waals surface area contributed by atoms with Crippen LogP contribution in [0.5, 0.6) is 0 Å². The van der Waals surface area contributed by atoms with Gasteiger partial charge in [-0.3, -0.25) is 0 Å². The third kappa shape index (κ3) is 4.32. The number of nitrogens with one attached hydrogen (secondary N) is 1. The third-order valence-electron chi connectivity index (χ3n) is 4.07. The zero-order valence-corrected chi connectivity index (χ0v) is 16.4. The van der Waals surface area contributed by atoms with Gasteiger partial charge in [-0.1, -0.05) is 23.7 Å². The van der Waals surface area contributed by atoms with Crippen LogP contribution in [0.3, 0.4) is 0 Å². The van der Waals surface area contributed by atoms with E-state index < -0.39 is 0 Å². The standard InChI is InChI=1S/C18H23ClN2O3S/c1-5-24-17(22)15-12(3)21(11(2)10-23-4)18(25)20-16(15)13-6-8-14(19)9-7-13/h6-9,11,16H,5,10H2,1-4H3,(H,20,25)/t11-,16-/m1/s1. The van der Waals surface area contributed by atoms with Gasteiger partial charge in [0.2, 0.25) is 0 Å². The van der Waals surface area contributed by atoms with Crippen molar-refractivity contribution in [3.63, 3.8) is 0 Å². The molecule has 0 saturated heterocycles. The Morgan fingerprint density at radius 2 is 2.04 bits per heavy atom. The molecular formula is C18H23ClN2O3S. The first kappa shape index (κ1) is 19.7. The van der Waals surface area contributed by atoms with Gasteiger partial charge >= 0.3 is 5.97 Å². The Labute approximate surface area is 158 Å². The molecule has 2 rings (SSSR count).